The molecule has 0 bridgehead atoms. The van der Waals surface area contributed by atoms with E-state index in [4.69, 9.17) is 0 Å². The summed E-state index contributed by atoms with van der Waals surface area (Å²) >= 11 is 0. The van der Waals surface area contributed by atoms with Crippen LogP contribution < -0.4 is 4.90 Å². The van der Waals surface area contributed by atoms with E-state index in [1.165, 1.54) is 6.07 Å². The maximum absolute atomic E-state index is 13.5. The third-order valence-corrected chi connectivity index (χ3v) is 3.58. The van der Waals surface area contributed by atoms with Gasteiger partial charge in [-0.25, -0.2) is 9.37 Å². The number of hydrogen-bond acceptors (Lipinski definition) is 4. The number of rotatable bonds is 3. The highest BCUT2D eigenvalue weighted by molar-refractivity contribution is 5.83. The topological polar surface area (TPSA) is 46.3 Å². The Labute approximate surface area is 128 Å². The van der Waals surface area contributed by atoms with E-state index in [0.29, 0.717) is 13.1 Å². The van der Waals surface area contributed by atoms with E-state index in [0.717, 1.165) is 16.5 Å². The predicted molar refractivity (Wildman–Crippen MR) is 76.8 cm³/mol. The zero-order valence-electron chi connectivity index (χ0n) is 12.4. The van der Waals surface area contributed by atoms with Gasteiger partial charge in [0.1, 0.15) is 5.82 Å². The molecule has 0 radical (unpaired) electrons. The first kappa shape index (κ1) is 15.4. The third kappa shape index (κ3) is 2.45. The molecule has 0 unspecified atom stereocenters. The van der Waals surface area contributed by atoms with Gasteiger partial charge in [0, 0.05) is 19.2 Å². The Morgan fingerprint density at radius 3 is 2.43 bits per heavy atom. The molecule has 9 heteroatoms. The number of alkyl halides is 3. The van der Waals surface area contributed by atoms with Gasteiger partial charge in [0.2, 0.25) is 11.5 Å². The lowest BCUT2D eigenvalue weighted by Crippen LogP contribution is -2.24. The van der Waals surface area contributed by atoms with Gasteiger partial charge in [0.15, 0.2) is 5.82 Å². The molecular weight excluding hydrogens is 314 g/mol. The van der Waals surface area contributed by atoms with Crippen LogP contribution in [0.5, 0.6) is 0 Å². The van der Waals surface area contributed by atoms with Gasteiger partial charge in [-0.05, 0) is 26.0 Å². The number of benzene rings is 1. The molecular formula is C14H13F4N5. The van der Waals surface area contributed by atoms with Crippen LogP contribution in [0.25, 0.3) is 16.7 Å². The maximum atomic E-state index is 13.5. The third-order valence-electron chi connectivity index (χ3n) is 3.58. The zero-order chi connectivity index (χ0) is 16.8. The van der Waals surface area contributed by atoms with Crippen LogP contribution in [0.4, 0.5) is 23.4 Å². The molecule has 5 nitrogen and oxygen atoms in total. The minimum absolute atomic E-state index is 0.0202. The monoisotopic (exact) mass is 327 g/mol. The zero-order valence-corrected chi connectivity index (χ0v) is 12.4. The second-order valence-electron chi connectivity index (χ2n) is 4.92. The summed E-state index contributed by atoms with van der Waals surface area (Å²) in [5.74, 6) is -1.56. The maximum Gasteiger partial charge on any atom is 0.452 e. The van der Waals surface area contributed by atoms with Crippen LogP contribution in [0.3, 0.4) is 0 Å². The fraction of sp³-hybridized carbons (Fsp3) is 0.357. The largest absolute Gasteiger partial charge is 0.452 e. The molecule has 2 aromatic heterocycles. The fourth-order valence-electron chi connectivity index (χ4n) is 2.51. The van der Waals surface area contributed by atoms with Gasteiger partial charge in [0.05, 0.1) is 11.0 Å². The van der Waals surface area contributed by atoms with Gasteiger partial charge in [-0.15, -0.1) is 10.2 Å². The Kier molecular flexibility index (Phi) is 3.57. The summed E-state index contributed by atoms with van der Waals surface area (Å²) < 4.78 is 54.0. The molecule has 0 aliphatic carbocycles. The van der Waals surface area contributed by atoms with Crippen molar-refractivity contribution in [3.8, 4) is 0 Å². The molecule has 0 amide bonds. The summed E-state index contributed by atoms with van der Waals surface area (Å²) in [4.78, 5) is 6.12. The molecule has 3 rings (SSSR count). The van der Waals surface area contributed by atoms with Gasteiger partial charge in [0.25, 0.3) is 0 Å². The minimum atomic E-state index is -4.71. The Balaban J connectivity index is 2.47. The molecule has 0 atom stereocenters. The first-order chi connectivity index (χ1) is 10.9. The van der Waals surface area contributed by atoms with E-state index < -0.39 is 17.8 Å². The van der Waals surface area contributed by atoms with Crippen molar-refractivity contribution in [3.63, 3.8) is 0 Å². The second kappa shape index (κ2) is 5.32. The summed E-state index contributed by atoms with van der Waals surface area (Å²) in [5, 5.41) is 6.90. The molecule has 122 valence electrons. The van der Waals surface area contributed by atoms with Crippen molar-refractivity contribution >= 4 is 22.5 Å². The van der Waals surface area contributed by atoms with Gasteiger partial charge in [-0.1, -0.05) is 0 Å². The quantitative estimate of drug-likeness (QED) is 0.693. The number of hydrogen-bond donors (Lipinski definition) is 0. The van der Waals surface area contributed by atoms with Crippen LogP contribution in [-0.2, 0) is 6.18 Å². The number of fused-ring (bicyclic) bond motifs is 3. The van der Waals surface area contributed by atoms with Crippen LogP contribution in [0.1, 0.15) is 19.7 Å². The first-order valence-corrected chi connectivity index (χ1v) is 7.03. The summed E-state index contributed by atoms with van der Waals surface area (Å²) in [5.41, 5.74) is 0.179. The molecule has 0 N–H and O–H groups in total. The van der Waals surface area contributed by atoms with Gasteiger partial charge in [-0.3, -0.25) is 4.40 Å². The fourth-order valence-corrected chi connectivity index (χ4v) is 2.51. The average Bonchev–Trinajstić information content (AvgIpc) is 2.94. The highest BCUT2D eigenvalue weighted by Gasteiger charge is 2.38. The van der Waals surface area contributed by atoms with Crippen LogP contribution in [0.15, 0.2) is 18.2 Å². The highest BCUT2D eigenvalue weighted by Crippen LogP contribution is 2.32. The molecule has 23 heavy (non-hydrogen) atoms. The Morgan fingerprint density at radius 2 is 1.83 bits per heavy atom. The summed E-state index contributed by atoms with van der Waals surface area (Å²) in [6.07, 6.45) is -4.71. The van der Waals surface area contributed by atoms with Crippen molar-refractivity contribution in [2.24, 2.45) is 0 Å². The molecule has 0 saturated heterocycles. The molecule has 0 aliphatic heterocycles. The Hall–Kier alpha value is -2.45. The SMILES string of the molecule is CCN(CC)c1nc2ccc(F)cc2n2c(C(F)(F)F)nnc12. The summed E-state index contributed by atoms with van der Waals surface area (Å²) in [6, 6.07) is 3.50. The smallest absolute Gasteiger partial charge is 0.354 e. The Bertz CT molecular complexity index is 867. The summed E-state index contributed by atoms with van der Waals surface area (Å²) in [7, 11) is 0. The molecule has 0 spiro atoms. The van der Waals surface area contributed by atoms with E-state index in [2.05, 4.69) is 15.2 Å². The number of anilines is 1. The van der Waals surface area contributed by atoms with E-state index in [1.54, 1.807) is 4.90 Å². The van der Waals surface area contributed by atoms with Crippen LogP contribution in [0.2, 0.25) is 0 Å². The lowest BCUT2D eigenvalue weighted by molar-refractivity contribution is -0.145. The number of halogens is 4. The van der Waals surface area contributed by atoms with Crippen molar-refractivity contribution < 1.29 is 17.6 Å². The first-order valence-electron chi connectivity index (χ1n) is 7.03. The molecule has 3 aromatic rings. The lowest BCUT2D eigenvalue weighted by atomic mass is 10.2. The Morgan fingerprint density at radius 1 is 1.13 bits per heavy atom. The molecule has 2 heterocycles. The van der Waals surface area contributed by atoms with Crippen LogP contribution in [-0.4, -0.2) is 32.7 Å². The standard InChI is InChI=1S/C14H13F4N5/c1-3-22(4-2)11-12-20-21-13(14(16,17)18)23(12)10-7-8(15)5-6-9(10)19-11/h5-7H,3-4H2,1-2H3. The van der Waals surface area contributed by atoms with Crippen molar-refractivity contribution in [3.05, 3.63) is 29.8 Å². The van der Waals surface area contributed by atoms with Crippen LogP contribution in [0, 0.1) is 5.82 Å². The van der Waals surface area contributed by atoms with Gasteiger partial charge >= 0.3 is 6.18 Å². The number of aromatic nitrogens is 4. The number of nitrogens with zero attached hydrogens (tertiary/aromatic N) is 5. The molecule has 0 fully saturated rings. The minimum Gasteiger partial charge on any atom is -0.354 e. The van der Waals surface area contributed by atoms with Crippen LogP contribution >= 0.6 is 0 Å². The molecule has 1 aromatic carbocycles. The van der Waals surface area contributed by atoms with E-state index >= 15 is 0 Å². The van der Waals surface area contributed by atoms with Crippen molar-refractivity contribution in [2.45, 2.75) is 20.0 Å². The van der Waals surface area contributed by atoms with E-state index in [-0.39, 0.29) is 22.5 Å². The molecule has 0 saturated carbocycles. The average molecular weight is 327 g/mol. The van der Waals surface area contributed by atoms with Crippen molar-refractivity contribution in [2.75, 3.05) is 18.0 Å². The van der Waals surface area contributed by atoms with E-state index in [1.807, 2.05) is 13.8 Å². The lowest BCUT2D eigenvalue weighted by Gasteiger charge is -2.21. The summed E-state index contributed by atoms with van der Waals surface area (Å²) in [6.45, 7) is 4.80. The highest BCUT2D eigenvalue weighted by atomic mass is 19.4. The van der Waals surface area contributed by atoms with E-state index in [9.17, 15) is 17.6 Å². The van der Waals surface area contributed by atoms with Gasteiger partial charge < -0.3 is 4.90 Å². The predicted octanol–water partition coefficient (Wildman–Crippen LogP) is 3.28. The molecule has 0 aliphatic rings. The van der Waals surface area contributed by atoms with Gasteiger partial charge in [-0.2, -0.15) is 13.2 Å². The van der Waals surface area contributed by atoms with Crippen molar-refractivity contribution in [1.82, 2.24) is 19.6 Å². The second-order valence-corrected chi connectivity index (χ2v) is 4.92. The normalized spacial score (nSPS) is 12.3. The van der Waals surface area contributed by atoms with Crippen molar-refractivity contribution in [1.29, 1.82) is 0 Å².